The minimum absolute atomic E-state index is 0.446. The Morgan fingerprint density at radius 3 is 2.50 bits per heavy atom. The number of nitrogens with one attached hydrogen (secondary N) is 1. The van der Waals surface area contributed by atoms with Gasteiger partial charge in [-0.25, -0.2) is 0 Å². The Kier molecular flexibility index (Phi) is 3.84. The second-order valence-corrected chi connectivity index (χ2v) is 4.52. The second kappa shape index (κ2) is 5.38. The molecule has 0 unspecified atom stereocenters. The van der Waals surface area contributed by atoms with Crippen molar-refractivity contribution < 1.29 is 4.74 Å². The van der Waals surface area contributed by atoms with Crippen LogP contribution in [0.15, 0.2) is 36.4 Å². The normalized spacial score (nSPS) is 10.2. The summed E-state index contributed by atoms with van der Waals surface area (Å²) in [5.74, 6) is 0.532. The van der Waals surface area contributed by atoms with Crippen LogP contribution in [0.1, 0.15) is 0 Å². The molecule has 2 rings (SSSR count). The molecule has 3 nitrogen and oxygen atoms in total. The SMILES string of the molecule is COc1c(Cl)cc(Cl)cc1Nc1ccccc1N. The largest absolute Gasteiger partial charge is 0.493 e. The average Bonchev–Trinajstić information content (AvgIpc) is 2.31. The van der Waals surface area contributed by atoms with E-state index < -0.39 is 0 Å². The van der Waals surface area contributed by atoms with E-state index in [2.05, 4.69) is 5.32 Å². The predicted molar refractivity (Wildman–Crippen MR) is 77.2 cm³/mol. The number of ether oxygens (including phenoxy) is 1. The minimum Gasteiger partial charge on any atom is -0.493 e. The number of benzene rings is 2. The number of nitrogen functional groups attached to an aromatic ring is 1. The van der Waals surface area contributed by atoms with Crippen molar-refractivity contribution in [1.29, 1.82) is 0 Å². The third-order valence-corrected chi connectivity index (χ3v) is 2.94. The highest BCUT2D eigenvalue weighted by atomic mass is 35.5. The first kappa shape index (κ1) is 12.9. The number of rotatable bonds is 3. The standard InChI is InChI=1S/C13H12Cl2N2O/c1-18-13-9(15)6-8(14)7-12(13)17-11-5-3-2-4-10(11)16/h2-7,17H,16H2,1H3. The maximum Gasteiger partial charge on any atom is 0.160 e. The first-order valence-electron chi connectivity index (χ1n) is 5.26. The lowest BCUT2D eigenvalue weighted by molar-refractivity contribution is 0.417. The van der Waals surface area contributed by atoms with Crippen LogP contribution in [0.2, 0.25) is 10.0 Å². The summed E-state index contributed by atoms with van der Waals surface area (Å²) in [7, 11) is 1.55. The summed E-state index contributed by atoms with van der Waals surface area (Å²) in [6, 6.07) is 10.8. The van der Waals surface area contributed by atoms with Gasteiger partial charge in [0.05, 0.1) is 29.2 Å². The zero-order valence-electron chi connectivity index (χ0n) is 9.71. The monoisotopic (exact) mass is 282 g/mol. The van der Waals surface area contributed by atoms with Crippen LogP contribution >= 0.6 is 23.2 Å². The molecule has 0 aliphatic rings. The number of halogens is 2. The third kappa shape index (κ3) is 2.63. The molecule has 0 fully saturated rings. The lowest BCUT2D eigenvalue weighted by atomic mass is 10.2. The molecule has 0 amide bonds. The van der Waals surface area contributed by atoms with E-state index in [0.29, 0.717) is 27.2 Å². The van der Waals surface area contributed by atoms with Crippen LogP contribution in [0, 0.1) is 0 Å². The van der Waals surface area contributed by atoms with E-state index in [0.717, 1.165) is 5.69 Å². The Bertz CT molecular complexity index is 573. The number of para-hydroxylation sites is 2. The van der Waals surface area contributed by atoms with Crippen LogP contribution in [0.25, 0.3) is 0 Å². The molecular formula is C13H12Cl2N2O. The van der Waals surface area contributed by atoms with Crippen molar-refractivity contribution in [1.82, 2.24) is 0 Å². The number of anilines is 3. The van der Waals surface area contributed by atoms with E-state index in [-0.39, 0.29) is 0 Å². The van der Waals surface area contributed by atoms with Gasteiger partial charge in [0, 0.05) is 5.02 Å². The number of hydrogen-bond acceptors (Lipinski definition) is 3. The molecule has 2 aromatic carbocycles. The van der Waals surface area contributed by atoms with Crippen molar-refractivity contribution in [3.63, 3.8) is 0 Å². The van der Waals surface area contributed by atoms with E-state index in [1.807, 2.05) is 18.2 Å². The number of methoxy groups -OCH3 is 1. The van der Waals surface area contributed by atoms with Gasteiger partial charge in [-0.15, -0.1) is 0 Å². The van der Waals surface area contributed by atoms with Gasteiger partial charge in [0.15, 0.2) is 5.75 Å². The predicted octanol–water partition coefficient (Wildman–Crippen LogP) is 4.33. The fourth-order valence-electron chi connectivity index (χ4n) is 1.62. The fraction of sp³-hybridized carbons (Fsp3) is 0.0769. The van der Waals surface area contributed by atoms with Crippen LogP contribution in [-0.4, -0.2) is 7.11 Å². The maximum atomic E-state index is 6.06. The van der Waals surface area contributed by atoms with Crippen molar-refractivity contribution in [3.8, 4) is 5.75 Å². The first-order valence-corrected chi connectivity index (χ1v) is 6.02. The molecule has 94 valence electrons. The second-order valence-electron chi connectivity index (χ2n) is 3.68. The van der Waals surface area contributed by atoms with Crippen molar-refractivity contribution in [2.24, 2.45) is 0 Å². The van der Waals surface area contributed by atoms with Crippen LogP contribution in [-0.2, 0) is 0 Å². The van der Waals surface area contributed by atoms with Crippen molar-refractivity contribution in [3.05, 3.63) is 46.4 Å². The summed E-state index contributed by atoms with van der Waals surface area (Å²) in [4.78, 5) is 0. The van der Waals surface area contributed by atoms with E-state index in [9.17, 15) is 0 Å². The Labute approximate surface area is 115 Å². The molecule has 0 radical (unpaired) electrons. The number of nitrogens with two attached hydrogens (primary N) is 1. The Morgan fingerprint density at radius 2 is 1.83 bits per heavy atom. The Morgan fingerprint density at radius 1 is 1.11 bits per heavy atom. The van der Waals surface area contributed by atoms with Gasteiger partial charge >= 0.3 is 0 Å². The van der Waals surface area contributed by atoms with Crippen LogP contribution < -0.4 is 15.8 Å². The summed E-state index contributed by atoms with van der Waals surface area (Å²) in [6.07, 6.45) is 0. The van der Waals surface area contributed by atoms with Gasteiger partial charge in [0.1, 0.15) is 0 Å². The maximum absolute atomic E-state index is 6.06. The molecule has 0 bridgehead atoms. The molecule has 0 saturated carbocycles. The molecule has 5 heteroatoms. The molecule has 0 aromatic heterocycles. The van der Waals surface area contributed by atoms with Gasteiger partial charge in [0.25, 0.3) is 0 Å². The highest BCUT2D eigenvalue weighted by Gasteiger charge is 2.10. The lowest BCUT2D eigenvalue weighted by Gasteiger charge is -2.14. The average molecular weight is 283 g/mol. The Hall–Kier alpha value is -1.58. The highest BCUT2D eigenvalue weighted by molar-refractivity contribution is 6.36. The molecule has 18 heavy (non-hydrogen) atoms. The molecule has 0 spiro atoms. The third-order valence-electron chi connectivity index (χ3n) is 2.44. The van der Waals surface area contributed by atoms with E-state index in [1.54, 1.807) is 25.3 Å². The molecule has 0 aliphatic heterocycles. The van der Waals surface area contributed by atoms with Crippen molar-refractivity contribution in [2.45, 2.75) is 0 Å². The molecular weight excluding hydrogens is 271 g/mol. The fourth-order valence-corrected chi connectivity index (χ4v) is 2.19. The van der Waals surface area contributed by atoms with Gasteiger partial charge in [-0.05, 0) is 24.3 Å². The summed E-state index contributed by atoms with van der Waals surface area (Å²) in [6.45, 7) is 0. The summed E-state index contributed by atoms with van der Waals surface area (Å²) < 4.78 is 5.25. The van der Waals surface area contributed by atoms with Gasteiger partial charge in [-0.1, -0.05) is 35.3 Å². The molecule has 0 heterocycles. The topological polar surface area (TPSA) is 47.3 Å². The smallest absolute Gasteiger partial charge is 0.160 e. The molecule has 0 saturated heterocycles. The van der Waals surface area contributed by atoms with Crippen molar-refractivity contribution in [2.75, 3.05) is 18.2 Å². The Balaban J connectivity index is 2.43. The quantitative estimate of drug-likeness (QED) is 0.824. The van der Waals surface area contributed by atoms with Crippen molar-refractivity contribution >= 4 is 40.3 Å². The van der Waals surface area contributed by atoms with Gasteiger partial charge in [0.2, 0.25) is 0 Å². The van der Waals surface area contributed by atoms with E-state index in [4.69, 9.17) is 33.7 Å². The molecule has 0 atom stereocenters. The highest BCUT2D eigenvalue weighted by Crippen LogP contribution is 2.38. The summed E-state index contributed by atoms with van der Waals surface area (Å²) in [5, 5.41) is 4.13. The van der Waals surface area contributed by atoms with Gasteiger partial charge in [-0.2, -0.15) is 0 Å². The van der Waals surface area contributed by atoms with Crippen LogP contribution in [0.4, 0.5) is 17.1 Å². The number of hydrogen-bond donors (Lipinski definition) is 2. The lowest BCUT2D eigenvalue weighted by Crippen LogP contribution is -1.98. The molecule has 3 N–H and O–H groups in total. The van der Waals surface area contributed by atoms with Crippen LogP contribution in [0.5, 0.6) is 5.75 Å². The van der Waals surface area contributed by atoms with E-state index >= 15 is 0 Å². The minimum atomic E-state index is 0.446. The summed E-state index contributed by atoms with van der Waals surface area (Å²) >= 11 is 12.0. The molecule has 2 aromatic rings. The van der Waals surface area contributed by atoms with Crippen LogP contribution in [0.3, 0.4) is 0 Å². The molecule has 0 aliphatic carbocycles. The van der Waals surface area contributed by atoms with E-state index in [1.165, 1.54) is 0 Å². The zero-order valence-corrected chi connectivity index (χ0v) is 11.2. The summed E-state index contributed by atoms with van der Waals surface area (Å²) in [5.41, 5.74) is 7.95. The van der Waals surface area contributed by atoms with Gasteiger partial charge in [-0.3, -0.25) is 0 Å². The first-order chi connectivity index (χ1) is 8.61. The zero-order chi connectivity index (χ0) is 13.1. The van der Waals surface area contributed by atoms with Gasteiger partial charge < -0.3 is 15.8 Å².